The van der Waals surface area contributed by atoms with Gasteiger partial charge >= 0.3 is 0 Å². The predicted molar refractivity (Wildman–Crippen MR) is 128 cm³/mol. The van der Waals surface area contributed by atoms with Crippen molar-refractivity contribution < 1.29 is 13.2 Å². The quantitative estimate of drug-likeness (QED) is 0.520. The number of nitrogens with one attached hydrogen (secondary N) is 1. The summed E-state index contributed by atoms with van der Waals surface area (Å²) in [7, 11) is -3.55. The minimum Gasteiger partial charge on any atom is -0.354 e. The van der Waals surface area contributed by atoms with Crippen LogP contribution in [-0.4, -0.2) is 39.4 Å². The summed E-state index contributed by atoms with van der Waals surface area (Å²) in [5.41, 5.74) is 4.18. The van der Waals surface area contributed by atoms with E-state index in [1.807, 2.05) is 23.9 Å². The number of amides is 1. The Labute approximate surface area is 185 Å². The Bertz CT molecular complexity index is 908. The van der Waals surface area contributed by atoms with Crippen LogP contribution in [0.5, 0.6) is 0 Å². The zero-order chi connectivity index (χ0) is 22.1. The van der Waals surface area contributed by atoms with Crippen LogP contribution >= 0.6 is 11.8 Å². The van der Waals surface area contributed by atoms with Crippen molar-refractivity contribution in [3.05, 3.63) is 65.2 Å². The molecule has 0 aromatic heterocycles. The Hall–Kier alpha value is -1.99. The largest absolute Gasteiger partial charge is 0.354 e. The van der Waals surface area contributed by atoms with Crippen molar-refractivity contribution in [3.8, 4) is 0 Å². The highest BCUT2D eigenvalue weighted by Crippen LogP contribution is 2.21. The van der Waals surface area contributed by atoms with Gasteiger partial charge in [-0.3, -0.25) is 9.10 Å². The number of hydrogen-bond acceptors (Lipinski definition) is 4. The van der Waals surface area contributed by atoms with Crippen LogP contribution in [0.4, 0.5) is 5.69 Å². The van der Waals surface area contributed by atoms with Gasteiger partial charge in [-0.2, -0.15) is 11.8 Å². The SMILES string of the molecule is Cc1ccc(CSCCCNC(=O)CN(c2ccc(C(C)C)cc2)S(C)(=O)=O)cc1. The van der Waals surface area contributed by atoms with Gasteiger partial charge in [0.25, 0.3) is 0 Å². The van der Waals surface area contributed by atoms with Crippen molar-refractivity contribution in [3.63, 3.8) is 0 Å². The second-order valence-electron chi connectivity index (χ2n) is 7.76. The van der Waals surface area contributed by atoms with E-state index in [4.69, 9.17) is 0 Å². The van der Waals surface area contributed by atoms with Crippen molar-refractivity contribution in [1.82, 2.24) is 5.32 Å². The molecular weight excluding hydrogens is 416 g/mol. The number of rotatable bonds is 11. The molecule has 0 aliphatic carbocycles. The minimum absolute atomic E-state index is 0.212. The van der Waals surface area contributed by atoms with E-state index in [9.17, 15) is 13.2 Å². The maximum absolute atomic E-state index is 12.3. The molecule has 0 aliphatic rings. The molecule has 0 radical (unpaired) electrons. The molecule has 0 saturated heterocycles. The van der Waals surface area contributed by atoms with E-state index in [-0.39, 0.29) is 12.5 Å². The third kappa shape index (κ3) is 8.03. The maximum atomic E-state index is 12.3. The van der Waals surface area contributed by atoms with Crippen molar-refractivity contribution in [2.24, 2.45) is 0 Å². The fraction of sp³-hybridized carbons (Fsp3) is 0.435. The van der Waals surface area contributed by atoms with Gasteiger partial charge in [-0.05, 0) is 48.3 Å². The van der Waals surface area contributed by atoms with Crippen LogP contribution in [0.25, 0.3) is 0 Å². The van der Waals surface area contributed by atoms with Crippen LogP contribution in [0, 0.1) is 6.92 Å². The fourth-order valence-corrected chi connectivity index (χ4v) is 4.67. The second-order valence-corrected chi connectivity index (χ2v) is 10.8. The lowest BCUT2D eigenvalue weighted by atomic mass is 10.0. The molecule has 0 heterocycles. The molecule has 2 aromatic rings. The zero-order valence-electron chi connectivity index (χ0n) is 18.2. The van der Waals surface area contributed by atoms with Gasteiger partial charge in [-0.25, -0.2) is 8.42 Å². The molecule has 0 fully saturated rings. The highest BCUT2D eigenvalue weighted by Gasteiger charge is 2.20. The normalized spacial score (nSPS) is 11.5. The standard InChI is InChI=1S/C23H32N2O3S2/c1-18(2)21-10-12-22(13-11-21)25(30(4,27)28)16-23(26)24-14-5-15-29-17-20-8-6-19(3)7-9-20/h6-13,18H,5,14-17H2,1-4H3,(H,24,26). The van der Waals surface area contributed by atoms with Crippen molar-refractivity contribution in [2.75, 3.05) is 29.4 Å². The Balaban J connectivity index is 1.78. The molecule has 0 saturated carbocycles. The van der Waals surface area contributed by atoms with Crippen molar-refractivity contribution in [1.29, 1.82) is 0 Å². The Morgan fingerprint density at radius 3 is 2.27 bits per heavy atom. The molecule has 1 amide bonds. The molecule has 0 bridgehead atoms. The van der Waals surface area contributed by atoms with Crippen LogP contribution in [0.15, 0.2) is 48.5 Å². The molecule has 164 valence electrons. The lowest BCUT2D eigenvalue weighted by molar-refractivity contribution is -0.119. The van der Waals surface area contributed by atoms with Crippen LogP contribution in [0.2, 0.25) is 0 Å². The predicted octanol–water partition coefficient (Wildman–Crippen LogP) is 4.32. The molecule has 0 spiro atoms. The minimum atomic E-state index is -3.55. The van der Waals surface area contributed by atoms with Gasteiger partial charge in [0.05, 0.1) is 11.9 Å². The average Bonchev–Trinajstić information content (AvgIpc) is 2.69. The average molecular weight is 449 g/mol. The lowest BCUT2D eigenvalue weighted by Gasteiger charge is -2.22. The van der Waals surface area contributed by atoms with E-state index in [2.05, 4.69) is 50.4 Å². The van der Waals surface area contributed by atoms with E-state index in [1.54, 1.807) is 12.1 Å². The van der Waals surface area contributed by atoms with Gasteiger partial charge in [0.15, 0.2) is 0 Å². The molecule has 1 N–H and O–H groups in total. The first kappa shape index (κ1) is 24.3. The monoisotopic (exact) mass is 448 g/mol. The molecular formula is C23H32N2O3S2. The number of carbonyl (C=O) groups is 1. The first-order valence-corrected chi connectivity index (χ1v) is 13.1. The number of hydrogen-bond donors (Lipinski definition) is 1. The first-order chi connectivity index (χ1) is 14.2. The maximum Gasteiger partial charge on any atom is 0.240 e. The molecule has 7 heteroatoms. The van der Waals surface area contributed by atoms with E-state index >= 15 is 0 Å². The van der Waals surface area contributed by atoms with Gasteiger partial charge in [0.1, 0.15) is 6.54 Å². The number of thioether (sulfide) groups is 1. The van der Waals surface area contributed by atoms with E-state index < -0.39 is 10.0 Å². The van der Waals surface area contributed by atoms with Gasteiger partial charge in [0.2, 0.25) is 15.9 Å². The number of nitrogens with zero attached hydrogens (tertiary/aromatic N) is 1. The highest BCUT2D eigenvalue weighted by molar-refractivity contribution is 7.98. The zero-order valence-corrected chi connectivity index (χ0v) is 19.9. The number of sulfonamides is 1. The smallest absolute Gasteiger partial charge is 0.240 e. The van der Waals surface area contributed by atoms with E-state index in [1.165, 1.54) is 11.1 Å². The molecule has 5 nitrogen and oxygen atoms in total. The summed E-state index contributed by atoms with van der Waals surface area (Å²) in [6, 6.07) is 15.8. The Morgan fingerprint density at radius 1 is 1.07 bits per heavy atom. The van der Waals surface area contributed by atoms with E-state index in [0.29, 0.717) is 18.2 Å². The Morgan fingerprint density at radius 2 is 1.70 bits per heavy atom. The molecule has 0 atom stereocenters. The fourth-order valence-electron chi connectivity index (χ4n) is 2.89. The summed E-state index contributed by atoms with van der Waals surface area (Å²) in [6.07, 6.45) is 1.96. The molecule has 2 rings (SSSR count). The van der Waals surface area contributed by atoms with Crippen LogP contribution < -0.4 is 9.62 Å². The topological polar surface area (TPSA) is 66.5 Å². The molecule has 0 aliphatic heterocycles. The third-order valence-corrected chi connectivity index (χ3v) is 6.97. The van der Waals surface area contributed by atoms with Gasteiger partial charge in [-0.1, -0.05) is 55.8 Å². The summed E-state index contributed by atoms with van der Waals surface area (Å²) < 4.78 is 25.6. The second kappa shape index (κ2) is 11.4. The Kier molecular flexibility index (Phi) is 9.24. The number of benzene rings is 2. The number of anilines is 1. The van der Waals surface area contributed by atoms with Crippen molar-refractivity contribution >= 4 is 33.4 Å². The van der Waals surface area contributed by atoms with Gasteiger partial charge in [0, 0.05) is 12.3 Å². The van der Waals surface area contributed by atoms with Crippen molar-refractivity contribution in [2.45, 2.75) is 38.9 Å². The molecule has 30 heavy (non-hydrogen) atoms. The summed E-state index contributed by atoms with van der Waals surface area (Å²) in [6.45, 7) is 6.55. The molecule has 0 unspecified atom stereocenters. The summed E-state index contributed by atoms with van der Waals surface area (Å²) in [4.78, 5) is 12.3. The summed E-state index contributed by atoms with van der Waals surface area (Å²) in [5, 5.41) is 2.83. The van der Waals surface area contributed by atoms with Crippen LogP contribution in [0.1, 0.15) is 42.9 Å². The molecule has 2 aromatic carbocycles. The van der Waals surface area contributed by atoms with E-state index in [0.717, 1.165) is 34.1 Å². The van der Waals surface area contributed by atoms with Crippen LogP contribution in [0.3, 0.4) is 0 Å². The lowest BCUT2D eigenvalue weighted by Crippen LogP contribution is -2.40. The van der Waals surface area contributed by atoms with Gasteiger partial charge < -0.3 is 5.32 Å². The summed E-state index contributed by atoms with van der Waals surface area (Å²) >= 11 is 1.82. The first-order valence-electron chi connectivity index (χ1n) is 10.1. The number of aryl methyl sites for hydroxylation is 1. The van der Waals surface area contributed by atoms with Gasteiger partial charge in [-0.15, -0.1) is 0 Å². The third-order valence-electron chi connectivity index (χ3n) is 4.71. The summed E-state index contributed by atoms with van der Waals surface area (Å²) in [5.74, 6) is 1.94. The highest BCUT2D eigenvalue weighted by atomic mass is 32.2. The number of carbonyl (C=O) groups excluding carboxylic acids is 1. The van der Waals surface area contributed by atoms with Crippen LogP contribution in [-0.2, 0) is 20.6 Å².